The molecule has 0 atom stereocenters. The lowest BCUT2D eigenvalue weighted by atomic mass is 10.1. The third-order valence-electron chi connectivity index (χ3n) is 2.93. The fourth-order valence-corrected chi connectivity index (χ4v) is 2.40. The van der Waals surface area contributed by atoms with Crippen LogP contribution in [0.4, 0.5) is 0 Å². The predicted molar refractivity (Wildman–Crippen MR) is 69.5 cm³/mol. The van der Waals surface area contributed by atoms with Gasteiger partial charge in [0.25, 0.3) is 0 Å². The molecule has 0 spiro atoms. The molecule has 0 aliphatic heterocycles. The molecule has 0 unspecified atom stereocenters. The summed E-state index contributed by atoms with van der Waals surface area (Å²) in [6, 6.07) is 6.13. The number of hydrogen-bond donors (Lipinski definition) is 1. The molecular weight excluding hydrogens is 238 g/mol. The van der Waals surface area contributed by atoms with Crippen LogP contribution in [0.25, 0.3) is 10.9 Å². The highest BCUT2D eigenvalue weighted by atomic mass is 35.5. The van der Waals surface area contributed by atoms with Crippen molar-refractivity contribution in [3.63, 3.8) is 0 Å². The maximum absolute atomic E-state index is 9.42. The summed E-state index contributed by atoms with van der Waals surface area (Å²) in [7, 11) is 1.66. The predicted octanol–water partition coefficient (Wildman–Crippen LogP) is 2.74. The van der Waals surface area contributed by atoms with Gasteiger partial charge in [0.15, 0.2) is 0 Å². The Kier molecular flexibility index (Phi) is 3.72. The Balaban J connectivity index is 2.62. The highest BCUT2D eigenvalue weighted by Crippen LogP contribution is 2.30. The van der Waals surface area contributed by atoms with Crippen molar-refractivity contribution in [1.82, 2.24) is 4.57 Å². The van der Waals surface area contributed by atoms with Crippen LogP contribution in [0.1, 0.15) is 11.1 Å². The molecule has 0 aliphatic rings. The van der Waals surface area contributed by atoms with Gasteiger partial charge in [-0.2, -0.15) is 0 Å². The van der Waals surface area contributed by atoms with Gasteiger partial charge >= 0.3 is 0 Å². The molecule has 17 heavy (non-hydrogen) atoms. The molecule has 2 rings (SSSR count). The molecule has 92 valence electrons. The summed E-state index contributed by atoms with van der Waals surface area (Å²) < 4.78 is 7.05. The topological polar surface area (TPSA) is 34.4 Å². The third kappa shape index (κ3) is 2.18. The van der Waals surface area contributed by atoms with E-state index >= 15 is 0 Å². The Morgan fingerprint density at radius 3 is 2.82 bits per heavy atom. The van der Waals surface area contributed by atoms with E-state index in [0.717, 1.165) is 22.0 Å². The Hall–Kier alpha value is -1.03. The van der Waals surface area contributed by atoms with Crippen LogP contribution >= 0.6 is 11.6 Å². The average Bonchev–Trinajstić information content (AvgIpc) is 2.57. The van der Waals surface area contributed by atoms with Crippen LogP contribution in [0.2, 0.25) is 5.15 Å². The highest BCUT2D eigenvalue weighted by molar-refractivity contribution is 6.32. The summed E-state index contributed by atoms with van der Waals surface area (Å²) in [6.45, 7) is 3.27. The first-order valence-electron chi connectivity index (χ1n) is 5.56. The van der Waals surface area contributed by atoms with E-state index in [1.807, 2.05) is 23.6 Å². The molecular formula is C13H16ClNO2. The molecule has 1 N–H and O–H groups in total. The van der Waals surface area contributed by atoms with Gasteiger partial charge < -0.3 is 14.4 Å². The first-order valence-corrected chi connectivity index (χ1v) is 5.94. The number of benzene rings is 1. The van der Waals surface area contributed by atoms with E-state index in [4.69, 9.17) is 16.3 Å². The molecule has 0 bridgehead atoms. The van der Waals surface area contributed by atoms with Crippen LogP contribution in [-0.2, 0) is 17.9 Å². The van der Waals surface area contributed by atoms with Crippen LogP contribution in [0, 0.1) is 6.92 Å². The largest absolute Gasteiger partial charge is 0.392 e. The van der Waals surface area contributed by atoms with Crippen LogP contribution in [0.3, 0.4) is 0 Å². The van der Waals surface area contributed by atoms with Crippen molar-refractivity contribution in [2.75, 3.05) is 13.7 Å². The fraction of sp³-hybridized carbons (Fsp3) is 0.385. The second-order valence-corrected chi connectivity index (χ2v) is 4.45. The minimum absolute atomic E-state index is 0.0429. The summed E-state index contributed by atoms with van der Waals surface area (Å²) in [5.41, 5.74) is 3.00. The van der Waals surface area contributed by atoms with E-state index in [0.29, 0.717) is 18.3 Å². The maximum atomic E-state index is 9.42. The molecule has 0 fully saturated rings. The number of aliphatic hydroxyl groups is 1. The molecule has 3 nitrogen and oxygen atoms in total. The summed E-state index contributed by atoms with van der Waals surface area (Å²) in [6.07, 6.45) is 0. The Labute approximate surface area is 106 Å². The first kappa shape index (κ1) is 12.4. The summed E-state index contributed by atoms with van der Waals surface area (Å²) in [5.74, 6) is 0. The van der Waals surface area contributed by atoms with Gasteiger partial charge in [0.2, 0.25) is 0 Å². The van der Waals surface area contributed by atoms with Gasteiger partial charge in [0, 0.05) is 30.1 Å². The van der Waals surface area contributed by atoms with Crippen molar-refractivity contribution < 1.29 is 9.84 Å². The van der Waals surface area contributed by atoms with E-state index in [-0.39, 0.29) is 6.61 Å². The zero-order chi connectivity index (χ0) is 12.4. The van der Waals surface area contributed by atoms with Crippen LogP contribution in [-0.4, -0.2) is 23.4 Å². The molecule has 2 aromatic rings. The SMILES string of the molecule is COCCn1c(Cl)c(CO)c2cc(C)ccc21. The second-order valence-electron chi connectivity index (χ2n) is 4.09. The Bertz CT molecular complexity index is 534. The lowest BCUT2D eigenvalue weighted by Gasteiger charge is -2.06. The smallest absolute Gasteiger partial charge is 0.115 e. The van der Waals surface area contributed by atoms with Gasteiger partial charge in [-0.25, -0.2) is 0 Å². The van der Waals surface area contributed by atoms with Crippen molar-refractivity contribution in [3.8, 4) is 0 Å². The Morgan fingerprint density at radius 2 is 2.18 bits per heavy atom. The summed E-state index contributed by atoms with van der Waals surface area (Å²) in [5, 5.41) is 11.0. The van der Waals surface area contributed by atoms with Gasteiger partial charge in [-0.15, -0.1) is 0 Å². The standard InChI is InChI=1S/C13H16ClNO2/c1-9-3-4-12-10(7-9)11(8-16)13(14)15(12)5-6-17-2/h3-4,7,16H,5-6,8H2,1-2H3. The minimum atomic E-state index is -0.0429. The number of rotatable bonds is 4. The second kappa shape index (κ2) is 5.08. The number of fused-ring (bicyclic) bond motifs is 1. The lowest BCUT2D eigenvalue weighted by Crippen LogP contribution is -2.04. The molecule has 0 amide bonds. The number of aliphatic hydroxyl groups excluding tert-OH is 1. The van der Waals surface area contributed by atoms with E-state index in [9.17, 15) is 5.11 Å². The lowest BCUT2D eigenvalue weighted by molar-refractivity contribution is 0.188. The monoisotopic (exact) mass is 253 g/mol. The van der Waals surface area contributed by atoms with Gasteiger partial charge in [-0.1, -0.05) is 23.2 Å². The van der Waals surface area contributed by atoms with Gasteiger partial charge in [0.05, 0.1) is 13.2 Å². The number of aryl methyl sites for hydroxylation is 1. The van der Waals surface area contributed by atoms with E-state index < -0.39 is 0 Å². The number of ether oxygens (including phenoxy) is 1. The van der Waals surface area contributed by atoms with E-state index in [2.05, 4.69) is 6.07 Å². The van der Waals surface area contributed by atoms with E-state index in [1.165, 1.54) is 0 Å². The molecule has 0 saturated heterocycles. The van der Waals surface area contributed by atoms with Gasteiger partial charge in [-0.3, -0.25) is 0 Å². The summed E-state index contributed by atoms with van der Waals surface area (Å²) in [4.78, 5) is 0. The number of aromatic nitrogens is 1. The zero-order valence-electron chi connectivity index (χ0n) is 10.0. The van der Waals surface area contributed by atoms with Crippen molar-refractivity contribution in [2.24, 2.45) is 0 Å². The molecule has 1 aromatic carbocycles. The molecule has 4 heteroatoms. The number of hydrogen-bond acceptors (Lipinski definition) is 2. The molecule has 1 heterocycles. The normalized spacial score (nSPS) is 11.3. The van der Waals surface area contributed by atoms with Crippen LogP contribution < -0.4 is 0 Å². The maximum Gasteiger partial charge on any atom is 0.115 e. The van der Waals surface area contributed by atoms with E-state index in [1.54, 1.807) is 7.11 Å². The fourth-order valence-electron chi connectivity index (χ4n) is 2.06. The van der Waals surface area contributed by atoms with Crippen molar-refractivity contribution in [2.45, 2.75) is 20.1 Å². The van der Waals surface area contributed by atoms with Crippen molar-refractivity contribution >= 4 is 22.5 Å². The third-order valence-corrected chi connectivity index (χ3v) is 3.36. The highest BCUT2D eigenvalue weighted by Gasteiger charge is 2.14. The van der Waals surface area contributed by atoms with Gasteiger partial charge in [0.1, 0.15) is 5.15 Å². The van der Waals surface area contributed by atoms with Crippen molar-refractivity contribution in [1.29, 1.82) is 0 Å². The molecule has 0 aliphatic carbocycles. The van der Waals surface area contributed by atoms with Crippen LogP contribution in [0.5, 0.6) is 0 Å². The minimum Gasteiger partial charge on any atom is -0.392 e. The number of halogens is 1. The molecule has 1 aromatic heterocycles. The first-order chi connectivity index (χ1) is 8.19. The number of methoxy groups -OCH3 is 1. The molecule has 0 saturated carbocycles. The van der Waals surface area contributed by atoms with Crippen LogP contribution in [0.15, 0.2) is 18.2 Å². The quantitative estimate of drug-likeness (QED) is 0.909. The average molecular weight is 254 g/mol. The Morgan fingerprint density at radius 1 is 1.41 bits per heavy atom. The molecule has 0 radical (unpaired) electrons. The van der Waals surface area contributed by atoms with Gasteiger partial charge in [-0.05, 0) is 19.1 Å². The summed E-state index contributed by atoms with van der Waals surface area (Å²) >= 11 is 6.29. The number of nitrogens with zero attached hydrogens (tertiary/aromatic N) is 1. The van der Waals surface area contributed by atoms with Crippen molar-refractivity contribution in [3.05, 3.63) is 34.5 Å². The zero-order valence-corrected chi connectivity index (χ0v) is 10.8.